The van der Waals surface area contributed by atoms with E-state index in [1.54, 1.807) is 10.5 Å². The Morgan fingerprint density at radius 2 is 2.15 bits per heavy atom. The zero-order valence-electron chi connectivity index (χ0n) is 11.5. The lowest BCUT2D eigenvalue weighted by Crippen LogP contribution is -2.43. The quantitative estimate of drug-likeness (QED) is 0.870. The van der Waals surface area contributed by atoms with Gasteiger partial charge in [-0.1, -0.05) is 0 Å². The maximum atomic E-state index is 13.1. The van der Waals surface area contributed by atoms with E-state index in [1.807, 2.05) is 4.57 Å². The topological polar surface area (TPSA) is 67.2 Å². The molecule has 1 N–H and O–H groups in total. The third-order valence-electron chi connectivity index (χ3n) is 4.53. The van der Waals surface area contributed by atoms with Crippen LogP contribution in [0.4, 0.5) is 0 Å². The average molecular weight is 296 g/mol. The van der Waals surface area contributed by atoms with Gasteiger partial charge in [0.05, 0.1) is 6.20 Å². The second kappa shape index (κ2) is 4.54. The van der Waals surface area contributed by atoms with Gasteiger partial charge in [-0.25, -0.2) is 13.4 Å². The maximum Gasteiger partial charge on any atom is 0.260 e. The minimum Gasteiger partial charge on any atom is -0.318 e. The Bertz CT molecular complexity index is 614. The molecule has 20 heavy (non-hydrogen) atoms. The smallest absolute Gasteiger partial charge is 0.260 e. The molecule has 1 atom stereocenters. The molecule has 1 saturated heterocycles. The second-order valence-corrected chi connectivity index (χ2v) is 7.77. The Morgan fingerprint density at radius 3 is 2.85 bits per heavy atom. The van der Waals surface area contributed by atoms with Gasteiger partial charge in [0.2, 0.25) is 0 Å². The number of sulfonamides is 1. The molecule has 0 radical (unpaired) electrons. The number of fused-ring (bicyclic) bond motifs is 1. The highest BCUT2D eigenvalue weighted by Crippen LogP contribution is 2.36. The number of rotatable bonds is 4. The molecule has 2 aliphatic heterocycles. The van der Waals surface area contributed by atoms with Crippen molar-refractivity contribution in [3.63, 3.8) is 0 Å². The SMILES string of the molecule is O=S(=O)(c1cnc2n1CCC2)N(C1CC1)C1CCNC1. The number of hydrogen-bond donors (Lipinski definition) is 1. The first-order valence-corrected chi connectivity index (χ1v) is 8.90. The highest BCUT2D eigenvalue weighted by atomic mass is 32.2. The number of imidazole rings is 1. The van der Waals surface area contributed by atoms with Gasteiger partial charge in [-0.3, -0.25) is 0 Å². The molecule has 1 unspecified atom stereocenters. The van der Waals surface area contributed by atoms with Crippen molar-refractivity contribution in [2.75, 3.05) is 13.1 Å². The molecule has 0 amide bonds. The van der Waals surface area contributed by atoms with Crippen molar-refractivity contribution in [2.24, 2.45) is 0 Å². The molecule has 110 valence electrons. The summed E-state index contributed by atoms with van der Waals surface area (Å²) in [6.45, 7) is 2.47. The minimum absolute atomic E-state index is 0.111. The second-order valence-electron chi connectivity index (χ2n) is 5.98. The van der Waals surface area contributed by atoms with E-state index in [-0.39, 0.29) is 12.1 Å². The molecule has 1 aromatic rings. The molecule has 7 heteroatoms. The van der Waals surface area contributed by atoms with Crippen LogP contribution < -0.4 is 5.32 Å². The van der Waals surface area contributed by atoms with Gasteiger partial charge in [-0.05, 0) is 32.2 Å². The Balaban J connectivity index is 1.73. The standard InChI is InChI=1S/C13H20N4O2S/c18-20(19,13-9-15-12-2-1-7-16(12)13)17(10-3-4-10)11-5-6-14-8-11/h9-11,14H,1-8H2. The predicted molar refractivity (Wildman–Crippen MR) is 73.9 cm³/mol. The van der Waals surface area contributed by atoms with Gasteiger partial charge in [0.25, 0.3) is 10.0 Å². The van der Waals surface area contributed by atoms with E-state index >= 15 is 0 Å². The van der Waals surface area contributed by atoms with Crippen molar-refractivity contribution >= 4 is 10.0 Å². The highest BCUT2D eigenvalue weighted by molar-refractivity contribution is 7.89. The van der Waals surface area contributed by atoms with Crippen LogP contribution in [0.1, 0.15) is 31.5 Å². The molecule has 4 rings (SSSR count). The number of aromatic nitrogens is 2. The van der Waals surface area contributed by atoms with Gasteiger partial charge in [0.15, 0.2) is 5.03 Å². The van der Waals surface area contributed by atoms with E-state index in [1.165, 1.54) is 0 Å². The summed E-state index contributed by atoms with van der Waals surface area (Å²) < 4.78 is 29.8. The molecule has 0 bridgehead atoms. The zero-order valence-corrected chi connectivity index (χ0v) is 12.3. The molecule has 3 aliphatic rings. The monoisotopic (exact) mass is 296 g/mol. The van der Waals surface area contributed by atoms with Crippen LogP contribution in [0.25, 0.3) is 0 Å². The third kappa shape index (κ3) is 1.91. The zero-order chi connectivity index (χ0) is 13.7. The van der Waals surface area contributed by atoms with Gasteiger partial charge in [0.1, 0.15) is 5.82 Å². The van der Waals surface area contributed by atoms with Crippen LogP contribution in [0, 0.1) is 0 Å². The summed E-state index contributed by atoms with van der Waals surface area (Å²) in [5.74, 6) is 0.920. The van der Waals surface area contributed by atoms with E-state index in [0.717, 1.165) is 57.6 Å². The van der Waals surface area contributed by atoms with E-state index in [2.05, 4.69) is 10.3 Å². The predicted octanol–water partition coefficient (Wildman–Crippen LogP) is 0.344. The van der Waals surface area contributed by atoms with Crippen LogP contribution in [0.3, 0.4) is 0 Å². The van der Waals surface area contributed by atoms with Gasteiger partial charge >= 0.3 is 0 Å². The maximum absolute atomic E-state index is 13.1. The Morgan fingerprint density at radius 1 is 1.30 bits per heavy atom. The van der Waals surface area contributed by atoms with Crippen molar-refractivity contribution in [1.29, 1.82) is 0 Å². The molecule has 1 aromatic heterocycles. The molecular weight excluding hydrogens is 276 g/mol. The van der Waals surface area contributed by atoms with Crippen LogP contribution in [0.5, 0.6) is 0 Å². The van der Waals surface area contributed by atoms with Crippen LogP contribution in [0.15, 0.2) is 11.2 Å². The molecule has 6 nitrogen and oxygen atoms in total. The Hall–Kier alpha value is -0.920. The lowest BCUT2D eigenvalue weighted by molar-refractivity contribution is 0.324. The molecule has 0 aromatic carbocycles. The summed E-state index contributed by atoms with van der Waals surface area (Å²) in [6.07, 6.45) is 6.36. The van der Waals surface area contributed by atoms with Crippen molar-refractivity contribution in [1.82, 2.24) is 19.2 Å². The van der Waals surface area contributed by atoms with Crippen molar-refractivity contribution < 1.29 is 8.42 Å². The Labute approximate surface area is 119 Å². The van der Waals surface area contributed by atoms with Crippen molar-refractivity contribution in [2.45, 2.75) is 55.8 Å². The molecule has 1 aliphatic carbocycles. The van der Waals surface area contributed by atoms with E-state index < -0.39 is 10.0 Å². The minimum atomic E-state index is -3.41. The van der Waals surface area contributed by atoms with Crippen molar-refractivity contribution in [3.8, 4) is 0 Å². The Kier molecular flexibility index (Phi) is 2.90. The lowest BCUT2D eigenvalue weighted by atomic mass is 10.2. The first-order valence-electron chi connectivity index (χ1n) is 7.46. The molecule has 3 heterocycles. The van der Waals surface area contributed by atoms with Crippen LogP contribution >= 0.6 is 0 Å². The van der Waals surface area contributed by atoms with Crippen molar-refractivity contribution in [3.05, 3.63) is 12.0 Å². The largest absolute Gasteiger partial charge is 0.318 e. The van der Waals surface area contributed by atoms with E-state index in [9.17, 15) is 8.42 Å². The fraction of sp³-hybridized carbons (Fsp3) is 0.769. The normalized spacial score (nSPS) is 26.4. The molecule has 0 spiro atoms. The van der Waals surface area contributed by atoms with Gasteiger partial charge in [-0.2, -0.15) is 4.31 Å². The first-order chi connectivity index (χ1) is 9.68. The van der Waals surface area contributed by atoms with Crippen LogP contribution in [-0.4, -0.2) is 47.4 Å². The number of nitrogens with zero attached hydrogens (tertiary/aromatic N) is 3. The first kappa shape index (κ1) is 12.8. The summed E-state index contributed by atoms with van der Waals surface area (Å²) >= 11 is 0. The van der Waals surface area contributed by atoms with Gasteiger partial charge in [0, 0.05) is 31.6 Å². The lowest BCUT2D eigenvalue weighted by Gasteiger charge is -2.27. The third-order valence-corrected chi connectivity index (χ3v) is 6.53. The molecule has 2 fully saturated rings. The molecular formula is C13H20N4O2S. The van der Waals surface area contributed by atoms with Gasteiger partial charge < -0.3 is 9.88 Å². The highest BCUT2D eigenvalue weighted by Gasteiger charge is 2.44. The summed E-state index contributed by atoms with van der Waals surface area (Å²) in [7, 11) is -3.41. The number of nitrogens with one attached hydrogen (secondary N) is 1. The van der Waals surface area contributed by atoms with Crippen LogP contribution in [-0.2, 0) is 23.0 Å². The van der Waals surface area contributed by atoms with Crippen LogP contribution in [0.2, 0.25) is 0 Å². The fourth-order valence-corrected chi connectivity index (χ4v) is 5.47. The summed E-state index contributed by atoms with van der Waals surface area (Å²) in [5, 5.41) is 3.68. The van der Waals surface area contributed by atoms with Gasteiger partial charge in [-0.15, -0.1) is 0 Å². The summed E-state index contributed by atoms with van der Waals surface area (Å²) in [6, 6.07) is 0.317. The fourth-order valence-electron chi connectivity index (χ4n) is 3.42. The average Bonchev–Trinajstić information content (AvgIpc) is 2.83. The van der Waals surface area contributed by atoms with E-state index in [0.29, 0.717) is 5.03 Å². The van der Waals surface area contributed by atoms with E-state index in [4.69, 9.17) is 0 Å². The molecule has 1 saturated carbocycles. The number of aryl methyl sites for hydroxylation is 1. The summed E-state index contributed by atoms with van der Waals surface area (Å²) in [5.41, 5.74) is 0. The number of hydrogen-bond acceptors (Lipinski definition) is 4. The summed E-state index contributed by atoms with van der Waals surface area (Å²) in [4.78, 5) is 4.29.